The SMILES string of the molecule is Cc1nn(Cn2ccc(C(=O)Nc3ccc(Br)cn3)n2)c(C)c1Cl. The minimum atomic E-state index is -0.324. The number of halogens is 2. The van der Waals surface area contributed by atoms with E-state index >= 15 is 0 Å². The van der Waals surface area contributed by atoms with Gasteiger partial charge in [0.15, 0.2) is 5.69 Å². The van der Waals surface area contributed by atoms with Gasteiger partial charge in [0.25, 0.3) is 5.91 Å². The molecule has 0 atom stereocenters. The molecule has 0 unspecified atom stereocenters. The molecule has 1 amide bonds. The number of anilines is 1. The molecule has 1 N–H and O–H groups in total. The van der Waals surface area contributed by atoms with Gasteiger partial charge in [0.1, 0.15) is 12.5 Å². The average molecular weight is 410 g/mol. The Labute approximate surface area is 151 Å². The first-order valence-corrected chi connectivity index (χ1v) is 8.27. The number of pyridine rings is 1. The summed E-state index contributed by atoms with van der Waals surface area (Å²) in [6.07, 6.45) is 3.33. The summed E-state index contributed by atoms with van der Waals surface area (Å²) >= 11 is 9.43. The first-order valence-electron chi connectivity index (χ1n) is 7.10. The van der Waals surface area contributed by atoms with Crippen LogP contribution in [0.25, 0.3) is 0 Å². The monoisotopic (exact) mass is 408 g/mol. The molecule has 3 aromatic heterocycles. The topological polar surface area (TPSA) is 77.6 Å². The van der Waals surface area contributed by atoms with Crippen molar-refractivity contribution in [3.63, 3.8) is 0 Å². The van der Waals surface area contributed by atoms with Crippen LogP contribution in [-0.2, 0) is 6.67 Å². The largest absolute Gasteiger partial charge is 0.305 e. The van der Waals surface area contributed by atoms with Crippen LogP contribution < -0.4 is 5.32 Å². The van der Waals surface area contributed by atoms with Gasteiger partial charge in [-0.3, -0.25) is 9.48 Å². The second kappa shape index (κ2) is 6.74. The van der Waals surface area contributed by atoms with Gasteiger partial charge in [0, 0.05) is 16.9 Å². The maximum absolute atomic E-state index is 12.2. The lowest BCUT2D eigenvalue weighted by atomic mass is 10.4. The van der Waals surface area contributed by atoms with Gasteiger partial charge in [0.05, 0.1) is 16.4 Å². The van der Waals surface area contributed by atoms with Crippen molar-refractivity contribution < 1.29 is 4.79 Å². The molecular formula is C15H14BrClN6O. The number of hydrogen-bond acceptors (Lipinski definition) is 4. The van der Waals surface area contributed by atoms with E-state index in [9.17, 15) is 4.79 Å². The number of nitrogens with one attached hydrogen (secondary N) is 1. The van der Waals surface area contributed by atoms with Gasteiger partial charge < -0.3 is 5.32 Å². The molecule has 0 aromatic carbocycles. The number of amides is 1. The summed E-state index contributed by atoms with van der Waals surface area (Å²) in [5, 5.41) is 11.9. The van der Waals surface area contributed by atoms with Crippen LogP contribution in [0.1, 0.15) is 21.9 Å². The third-order valence-corrected chi connectivity index (χ3v) is 4.43. The highest BCUT2D eigenvalue weighted by Crippen LogP contribution is 2.18. The average Bonchev–Trinajstić information content (AvgIpc) is 3.11. The van der Waals surface area contributed by atoms with Crippen molar-refractivity contribution in [1.82, 2.24) is 24.5 Å². The second-order valence-electron chi connectivity index (χ2n) is 5.18. The molecule has 0 aliphatic heterocycles. The van der Waals surface area contributed by atoms with Crippen molar-refractivity contribution in [2.45, 2.75) is 20.5 Å². The van der Waals surface area contributed by atoms with Crippen molar-refractivity contribution in [1.29, 1.82) is 0 Å². The van der Waals surface area contributed by atoms with Gasteiger partial charge in [-0.25, -0.2) is 9.67 Å². The third kappa shape index (κ3) is 3.49. The van der Waals surface area contributed by atoms with Crippen LogP contribution in [0, 0.1) is 13.8 Å². The second-order valence-corrected chi connectivity index (χ2v) is 6.48. The van der Waals surface area contributed by atoms with Gasteiger partial charge in [-0.1, -0.05) is 11.6 Å². The quantitative estimate of drug-likeness (QED) is 0.717. The Morgan fingerprint density at radius 2 is 2.08 bits per heavy atom. The fourth-order valence-electron chi connectivity index (χ4n) is 2.14. The number of carbonyl (C=O) groups is 1. The maximum atomic E-state index is 12.2. The van der Waals surface area contributed by atoms with E-state index in [-0.39, 0.29) is 5.91 Å². The van der Waals surface area contributed by atoms with Crippen molar-refractivity contribution in [2.75, 3.05) is 5.32 Å². The minimum absolute atomic E-state index is 0.298. The van der Waals surface area contributed by atoms with Crippen molar-refractivity contribution in [3.05, 3.63) is 57.2 Å². The molecule has 0 fully saturated rings. The van der Waals surface area contributed by atoms with E-state index in [1.165, 1.54) is 0 Å². The number of hydrogen-bond donors (Lipinski definition) is 1. The Bertz CT molecular complexity index is 886. The molecular weight excluding hydrogens is 396 g/mol. The maximum Gasteiger partial charge on any atom is 0.277 e. The lowest BCUT2D eigenvalue weighted by Gasteiger charge is -2.05. The van der Waals surface area contributed by atoms with Crippen molar-refractivity contribution in [3.8, 4) is 0 Å². The van der Waals surface area contributed by atoms with Crippen LogP contribution >= 0.6 is 27.5 Å². The van der Waals surface area contributed by atoms with Crippen molar-refractivity contribution in [2.24, 2.45) is 0 Å². The smallest absolute Gasteiger partial charge is 0.277 e. The standard InChI is InChI=1S/C15H14BrClN6O/c1-9-14(17)10(2)23(20-9)8-22-6-5-12(21-22)15(24)19-13-4-3-11(16)7-18-13/h3-7H,8H2,1-2H3,(H,18,19,24). The highest BCUT2D eigenvalue weighted by Gasteiger charge is 2.13. The van der Waals surface area contributed by atoms with Crippen LogP contribution in [0.4, 0.5) is 5.82 Å². The molecule has 0 saturated carbocycles. The fourth-order valence-corrected chi connectivity index (χ4v) is 2.51. The van der Waals surface area contributed by atoms with E-state index in [0.717, 1.165) is 15.9 Å². The molecule has 0 aliphatic rings. The summed E-state index contributed by atoms with van der Waals surface area (Å²) in [6, 6.07) is 5.14. The van der Waals surface area contributed by atoms with Crippen LogP contribution in [0.2, 0.25) is 5.02 Å². The Hall–Kier alpha value is -2.19. The molecule has 0 spiro atoms. The predicted molar refractivity (Wildman–Crippen MR) is 94.2 cm³/mol. The number of rotatable bonds is 4. The lowest BCUT2D eigenvalue weighted by molar-refractivity contribution is 0.102. The minimum Gasteiger partial charge on any atom is -0.305 e. The first kappa shape index (κ1) is 16.7. The Kier molecular flexibility index (Phi) is 4.68. The van der Waals surface area contributed by atoms with Gasteiger partial charge in [-0.05, 0) is 48.0 Å². The molecule has 124 valence electrons. The molecule has 3 rings (SSSR count). The molecule has 0 bridgehead atoms. The molecule has 3 heterocycles. The summed E-state index contributed by atoms with van der Waals surface area (Å²) in [5.41, 5.74) is 1.92. The van der Waals surface area contributed by atoms with Crippen LogP contribution in [-0.4, -0.2) is 30.5 Å². The summed E-state index contributed by atoms with van der Waals surface area (Å²) in [6.45, 7) is 4.11. The normalized spacial score (nSPS) is 10.8. The number of aryl methyl sites for hydroxylation is 1. The zero-order valence-electron chi connectivity index (χ0n) is 13.0. The van der Waals surface area contributed by atoms with E-state index in [0.29, 0.717) is 23.2 Å². The zero-order valence-corrected chi connectivity index (χ0v) is 15.3. The molecule has 0 radical (unpaired) electrons. The van der Waals surface area contributed by atoms with E-state index in [2.05, 4.69) is 36.4 Å². The van der Waals surface area contributed by atoms with E-state index in [1.807, 2.05) is 13.8 Å². The molecule has 0 aliphatic carbocycles. The lowest BCUT2D eigenvalue weighted by Crippen LogP contribution is -2.16. The number of carbonyl (C=O) groups excluding carboxylic acids is 1. The molecule has 0 saturated heterocycles. The summed E-state index contributed by atoms with van der Waals surface area (Å²) in [7, 11) is 0. The molecule has 9 heteroatoms. The molecule has 3 aromatic rings. The van der Waals surface area contributed by atoms with Crippen LogP contribution in [0.15, 0.2) is 35.1 Å². The summed E-state index contributed by atoms with van der Waals surface area (Å²) in [5.74, 6) is 0.137. The zero-order chi connectivity index (χ0) is 17.3. The van der Waals surface area contributed by atoms with E-state index < -0.39 is 0 Å². The van der Waals surface area contributed by atoms with E-state index in [1.54, 1.807) is 40.0 Å². The Morgan fingerprint density at radius 1 is 1.29 bits per heavy atom. The number of aromatic nitrogens is 5. The molecule has 24 heavy (non-hydrogen) atoms. The Balaban J connectivity index is 1.71. The third-order valence-electron chi connectivity index (χ3n) is 3.41. The highest BCUT2D eigenvalue weighted by molar-refractivity contribution is 9.10. The van der Waals surface area contributed by atoms with E-state index in [4.69, 9.17) is 11.6 Å². The van der Waals surface area contributed by atoms with Gasteiger partial charge in [-0.15, -0.1) is 0 Å². The first-order chi connectivity index (χ1) is 11.4. The van der Waals surface area contributed by atoms with Gasteiger partial charge in [0.2, 0.25) is 0 Å². The number of nitrogens with zero attached hydrogens (tertiary/aromatic N) is 5. The van der Waals surface area contributed by atoms with Gasteiger partial charge >= 0.3 is 0 Å². The Morgan fingerprint density at radius 3 is 2.71 bits per heavy atom. The highest BCUT2D eigenvalue weighted by atomic mass is 79.9. The van der Waals surface area contributed by atoms with Crippen LogP contribution in [0.5, 0.6) is 0 Å². The summed E-state index contributed by atoms with van der Waals surface area (Å²) < 4.78 is 4.20. The van der Waals surface area contributed by atoms with Crippen LogP contribution in [0.3, 0.4) is 0 Å². The predicted octanol–water partition coefficient (Wildman–Crippen LogP) is 3.27. The molecule has 7 nitrogen and oxygen atoms in total. The van der Waals surface area contributed by atoms with Crippen molar-refractivity contribution >= 4 is 39.3 Å². The fraction of sp³-hybridized carbons (Fsp3) is 0.200. The summed E-state index contributed by atoms with van der Waals surface area (Å²) in [4.78, 5) is 16.3. The van der Waals surface area contributed by atoms with Gasteiger partial charge in [-0.2, -0.15) is 10.2 Å².